The second kappa shape index (κ2) is 6.59. The van der Waals surface area contributed by atoms with E-state index in [1.165, 1.54) is 12.1 Å². The number of nitrogens with one attached hydrogen (secondary N) is 3. The van der Waals surface area contributed by atoms with E-state index in [1.807, 2.05) is 19.9 Å². The first-order chi connectivity index (χ1) is 11.5. The highest BCUT2D eigenvalue weighted by atomic mass is 19.1. The van der Waals surface area contributed by atoms with Crippen molar-refractivity contribution in [3.8, 4) is 5.75 Å². The Hall–Kier alpha value is -2.44. The van der Waals surface area contributed by atoms with Crippen LogP contribution in [0.25, 0.3) is 0 Å². The van der Waals surface area contributed by atoms with Gasteiger partial charge in [-0.05, 0) is 49.6 Å². The Morgan fingerprint density at radius 3 is 2.67 bits per heavy atom. The quantitative estimate of drug-likeness (QED) is 0.699. The van der Waals surface area contributed by atoms with Gasteiger partial charge in [0.2, 0.25) is 5.91 Å². The Bertz CT molecular complexity index is 779. The Morgan fingerprint density at radius 2 is 1.92 bits per heavy atom. The molecule has 1 amide bonds. The number of benzene rings is 2. The maximum Gasteiger partial charge on any atom is 0.243 e. The second-order valence-electron chi connectivity index (χ2n) is 6.09. The molecule has 2 unspecified atom stereocenters. The van der Waals surface area contributed by atoms with Gasteiger partial charge in [-0.2, -0.15) is 0 Å². The SMILES string of the molecule is Cc1cc(O)c(C2CC(C(=O)Nc3ccccc3F)NN2)cc1C. The number of rotatable bonds is 3. The molecule has 5 nitrogen and oxygen atoms in total. The van der Waals surface area contributed by atoms with E-state index in [1.54, 1.807) is 18.2 Å². The number of para-hydroxylation sites is 1. The van der Waals surface area contributed by atoms with E-state index in [0.29, 0.717) is 6.42 Å². The Morgan fingerprint density at radius 1 is 1.21 bits per heavy atom. The average molecular weight is 329 g/mol. The number of carbonyl (C=O) groups excluding carboxylic acids is 1. The number of hydrazine groups is 1. The first-order valence-electron chi connectivity index (χ1n) is 7.82. The summed E-state index contributed by atoms with van der Waals surface area (Å²) in [4.78, 5) is 12.3. The summed E-state index contributed by atoms with van der Waals surface area (Å²) in [5.74, 6) is -0.592. The zero-order valence-corrected chi connectivity index (χ0v) is 13.6. The lowest BCUT2D eigenvalue weighted by molar-refractivity contribution is -0.117. The van der Waals surface area contributed by atoms with E-state index in [2.05, 4.69) is 16.2 Å². The summed E-state index contributed by atoms with van der Waals surface area (Å²) in [6.07, 6.45) is 0.455. The highest BCUT2D eigenvalue weighted by Crippen LogP contribution is 2.32. The van der Waals surface area contributed by atoms with Gasteiger partial charge in [0.25, 0.3) is 0 Å². The highest BCUT2D eigenvalue weighted by Gasteiger charge is 2.32. The third-order valence-electron chi connectivity index (χ3n) is 4.37. The molecule has 2 atom stereocenters. The van der Waals surface area contributed by atoms with E-state index in [4.69, 9.17) is 0 Å². The summed E-state index contributed by atoms with van der Waals surface area (Å²) in [5, 5.41) is 12.7. The number of anilines is 1. The largest absolute Gasteiger partial charge is 0.508 e. The molecule has 0 radical (unpaired) electrons. The number of phenolic OH excluding ortho intramolecular Hbond substituents is 1. The van der Waals surface area contributed by atoms with Crippen molar-refractivity contribution >= 4 is 11.6 Å². The molecule has 3 rings (SSSR count). The van der Waals surface area contributed by atoms with Gasteiger partial charge in [0.05, 0.1) is 11.7 Å². The Labute approximate surface area is 139 Å². The van der Waals surface area contributed by atoms with Crippen LogP contribution in [0.15, 0.2) is 36.4 Å². The van der Waals surface area contributed by atoms with Gasteiger partial charge < -0.3 is 10.4 Å². The Balaban J connectivity index is 1.70. The van der Waals surface area contributed by atoms with Crippen molar-refractivity contribution < 1.29 is 14.3 Å². The van der Waals surface area contributed by atoms with Crippen molar-refractivity contribution in [1.29, 1.82) is 0 Å². The molecule has 1 heterocycles. The molecule has 2 aromatic rings. The van der Waals surface area contributed by atoms with Crippen LogP contribution in [0.1, 0.15) is 29.2 Å². The molecule has 4 N–H and O–H groups in total. The predicted molar refractivity (Wildman–Crippen MR) is 90.0 cm³/mol. The first-order valence-corrected chi connectivity index (χ1v) is 7.82. The normalized spacial score (nSPS) is 20.1. The van der Waals surface area contributed by atoms with Crippen molar-refractivity contribution in [1.82, 2.24) is 10.9 Å². The monoisotopic (exact) mass is 329 g/mol. The number of carbonyl (C=O) groups is 1. The Kier molecular flexibility index (Phi) is 4.51. The van der Waals surface area contributed by atoms with Gasteiger partial charge in [-0.15, -0.1) is 0 Å². The number of phenols is 1. The van der Waals surface area contributed by atoms with E-state index >= 15 is 0 Å². The van der Waals surface area contributed by atoms with Gasteiger partial charge in [0.15, 0.2) is 0 Å². The fraction of sp³-hybridized carbons (Fsp3) is 0.278. The van der Waals surface area contributed by atoms with Gasteiger partial charge in [0, 0.05) is 5.56 Å². The summed E-state index contributed by atoms with van der Waals surface area (Å²) in [5.41, 5.74) is 8.92. The predicted octanol–water partition coefficient (Wildman–Crippen LogP) is 2.69. The second-order valence-corrected chi connectivity index (χ2v) is 6.09. The van der Waals surface area contributed by atoms with Crippen molar-refractivity contribution in [3.05, 3.63) is 58.9 Å². The number of aromatic hydroxyl groups is 1. The van der Waals surface area contributed by atoms with Crippen LogP contribution in [-0.2, 0) is 4.79 Å². The molecule has 0 aliphatic carbocycles. The van der Waals surface area contributed by atoms with Crippen LogP contribution in [0.2, 0.25) is 0 Å². The van der Waals surface area contributed by atoms with Crippen LogP contribution in [0.5, 0.6) is 5.75 Å². The molecule has 6 heteroatoms. The van der Waals surface area contributed by atoms with Gasteiger partial charge in [-0.25, -0.2) is 15.2 Å². The average Bonchev–Trinajstić information content (AvgIpc) is 3.03. The van der Waals surface area contributed by atoms with E-state index < -0.39 is 11.9 Å². The van der Waals surface area contributed by atoms with Gasteiger partial charge in [-0.1, -0.05) is 18.2 Å². The molecule has 1 aliphatic heterocycles. The van der Waals surface area contributed by atoms with Crippen LogP contribution in [-0.4, -0.2) is 17.1 Å². The lowest BCUT2D eigenvalue weighted by atomic mass is 9.97. The number of halogens is 1. The van der Waals surface area contributed by atoms with Gasteiger partial charge in [0.1, 0.15) is 17.6 Å². The van der Waals surface area contributed by atoms with Crippen LogP contribution in [0, 0.1) is 19.7 Å². The van der Waals surface area contributed by atoms with E-state index in [0.717, 1.165) is 16.7 Å². The summed E-state index contributed by atoms with van der Waals surface area (Å²) < 4.78 is 13.6. The standard InChI is InChI=1S/C18H20FN3O2/c1-10-7-12(17(23)8-11(10)2)15-9-16(22-21-15)18(24)20-14-6-4-3-5-13(14)19/h3-8,15-16,21-23H,9H2,1-2H3,(H,20,24). The number of aryl methyl sites for hydroxylation is 2. The van der Waals surface area contributed by atoms with Crippen LogP contribution < -0.4 is 16.2 Å². The minimum atomic E-state index is -0.518. The summed E-state index contributed by atoms with van der Waals surface area (Å²) in [6, 6.07) is 8.97. The molecule has 0 spiro atoms. The summed E-state index contributed by atoms with van der Waals surface area (Å²) >= 11 is 0. The number of hydrogen-bond donors (Lipinski definition) is 4. The van der Waals surface area contributed by atoms with Crippen molar-refractivity contribution in [3.63, 3.8) is 0 Å². The molecule has 126 valence electrons. The van der Waals surface area contributed by atoms with Gasteiger partial charge in [-0.3, -0.25) is 4.79 Å². The fourth-order valence-corrected chi connectivity index (χ4v) is 2.82. The van der Waals surface area contributed by atoms with Crippen molar-refractivity contribution in [2.75, 3.05) is 5.32 Å². The number of amides is 1. The molecular weight excluding hydrogens is 309 g/mol. The summed E-state index contributed by atoms with van der Waals surface area (Å²) in [6.45, 7) is 3.91. The van der Waals surface area contributed by atoms with Crippen molar-refractivity contribution in [2.45, 2.75) is 32.4 Å². The molecular formula is C18H20FN3O2. The lowest BCUT2D eigenvalue weighted by Gasteiger charge is -2.14. The van der Waals surface area contributed by atoms with Crippen LogP contribution in [0.3, 0.4) is 0 Å². The molecule has 1 fully saturated rings. The number of hydrogen-bond acceptors (Lipinski definition) is 4. The zero-order valence-electron chi connectivity index (χ0n) is 13.6. The minimum Gasteiger partial charge on any atom is -0.508 e. The maximum absolute atomic E-state index is 13.6. The first kappa shape index (κ1) is 16.4. The molecule has 2 aromatic carbocycles. The minimum absolute atomic E-state index is 0.154. The van der Waals surface area contributed by atoms with Crippen LogP contribution in [0.4, 0.5) is 10.1 Å². The third-order valence-corrected chi connectivity index (χ3v) is 4.37. The lowest BCUT2D eigenvalue weighted by Crippen LogP contribution is -2.39. The fourth-order valence-electron chi connectivity index (χ4n) is 2.82. The maximum atomic E-state index is 13.6. The summed E-state index contributed by atoms with van der Waals surface area (Å²) in [7, 11) is 0. The van der Waals surface area contributed by atoms with Gasteiger partial charge >= 0.3 is 0 Å². The molecule has 0 saturated carbocycles. The highest BCUT2D eigenvalue weighted by molar-refractivity contribution is 5.95. The van der Waals surface area contributed by atoms with E-state index in [-0.39, 0.29) is 23.4 Å². The topological polar surface area (TPSA) is 73.4 Å². The molecule has 1 saturated heterocycles. The third kappa shape index (κ3) is 3.25. The zero-order chi connectivity index (χ0) is 17.3. The molecule has 1 aliphatic rings. The van der Waals surface area contributed by atoms with Crippen molar-refractivity contribution in [2.24, 2.45) is 0 Å². The van der Waals surface area contributed by atoms with E-state index in [9.17, 15) is 14.3 Å². The van der Waals surface area contributed by atoms with Crippen LogP contribution >= 0.6 is 0 Å². The molecule has 24 heavy (non-hydrogen) atoms. The molecule has 0 bridgehead atoms. The molecule has 0 aromatic heterocycles. The smallest absolute Gasteiger partial charge is 0.243 e.